The highest BCUT2D eigenvalue weighted by atomic mass is 19.4. The summed E-state index contributed by atoms with van der Waals surface area (Å²) in [4.78, 5) is 10.3. The first kappa shape index (κ1) is 13.9. The molecule has 0 unspecified atom stereocenters. The summed E-state index contributed by atoms with van der Waals surface area (Å²) in [5.74, 6) is -1.44. The van der Waals surface area contributed by atoms with E-state index in [0.717, 1.165) is 24.3 Å². The molecule has 7 heteroatoms. The highest BCUT2D eigenvalue weighted by Crippen LogP contribution is 2.29. The first-order chi connectivity index (χ1) is 8.31. The van der Waals surface area contributed by atoms with Gasteiger partial charge < -0.3 is 14.6 Å². The van der Waals surface area contributed by atoms with E-state index < -0.39 is 18.1 Å². The second-order valence-electron chi connectivity index (χ2n) is 3.12. The number of ether oxygens (including phenoxy) is 2. The quantitative estimate of drug-likeness (QED) is 0.847. The van der Waals surface area contributed by atoms with E-state index in [1.54, 1.807) is 0 Å². The highest BCUT2D eigenvalue weighted by molar-refractivity contribution is 5.86. The third kappa shape index (κ3) is 4.36. The molecule has 0 aliphatic rings. The lowest BCUT2D eigenvalue weighted by Gasteiger charge is -2.11. The van der Waals surface area contributed by atoms with Crippen molar-refractivity contribution >= 4 is 12.0 Å². The molecule has 0 atom stereocenters. The Morgan fingerprint density at radius 1 is 1.39 bits per heavy atom. The molecule has 1 N–H and O–H groups in total. The standard InChI is InChI=1S/C11H9F3O4/c1-17-9-4-3-8(18-11(12,13)14)6-7(9)2-5-10(15)16/h2-6H,1H3,(H,15,16). The molecule has 0 saturated carbocycles. The fourth-order valence-electron chi connectivity index (χ4n) is 1.20. The molecule has 0 bridgehead atoms. The summed E-state index contributed by atoms with van der Waals surface area (Å²) in [7, 11) is 1.32. The fourth-order valence-corrected chi connectivity index (χ4v) is 1.20. The van der Waals surface area contributed by atoms with Crippen molar-refractivity contribution in [1.82, 2.24) is 0 Å². The van der Waals surface area contributed by atoms with Gasteiger partial charge in [-0.2, -0.15) is 0 Å². The summed E-state index contributed by atoms with van der Waals surface area (Å²) in [6.07, 6.45) is -2.90. The van der Waals surface area contributed by atoms with E-state index >= 15 is 0 Å². The third-order valence-corrected chi connectivity index (χ3v) is 1.84. The van der Waals surface area contributed by atoms with Crippen molar-refractivity contribution in [3.05, 3.63) is 29.8 Å². The molecule has 1 aromatic carbocycles. The summed E-state index contributed by atoms with van der Waals surface area (Å²) in [5, 5.41) is 8.46. The van der Waals surface area contributed by atoms with E-state index in [0.29, 0.717) is 0 Å². The van der Waals surface area contributed by atoms with Gasteiger partial charge in [-0.1, -0.05) is 0 Å². The van der Waals surface area contributed by atoms with Gasteiger partial charge in [0.2, 0.25) is 0 Å². The number of aliphatic carboxylic acids is 1. The molecular formula is C11H9F3O4. The van der Waals surface area contributed by atoms with Gasteiger partial charge in [0.25, 0.3) is 0 Å². The van der Waals surface area contributed by atoms with Crippen LogP contribution in [0.15, 0.2) is 24.3 Å². The first-order valence-electron chi connectivity index (χ1n) is 4.66. The number of benzene rings is 1. The van der Waals surface area contributed by atoms with Crippen LogP contribution in [0.2, 0.25) is 0 Å². The minimum absolute atomic E-state index is 0.168. The number of alkyl halides is 3. The smallest absolute Gasteiger partial charge is 0.496 e. The van der Waals surface area contributed by atoms with Crippen molar-refractivity contribution in [3.8, 4) is 11.5 Å². The van der Waals surface area contributed by atoms with E-state index in [4.69, 9.17) is 9.84 Å². The molecule has 98 valence electrons. The molecule has 0 aliphatic heterocycles. The highest BCUT2D eigenvalue weighted by Gasteiger charge is 2.31. The molecule has 0 aliphatic carbocycles. The Bertz CT molecular complexity index is 466. The van der Waals surface area contributed by atoms with E-state index in [2.05, 4.69) is 4.74 Å². The maximum absolute atomic E-state index is 12.0. The van der Waals surface area contributed by atoms with Gasteiger partial charge in [-0.25, -0.2) is 4.79 Å². The van der Waals surface area contributed by atoms with Crippen molar-refractivity contribution in [2.24, 2.45) is 0 Å². The van der Waals surface area contributed by atoms with Crippen LogP contribution in [0, 0.1) is 0 Å². The minimum atomic E-state index is -4.80. The Kier molecular flexibility index (Phi) is 4.19. The van der Waals surface area contributed by atoms with Crippen LogP contribution in [0.1, 0.15) is 5.56 Å². The Balaban J connectivity index is 3.05. The van der Waals surface area contributed by atoms with Crippen molar-refractivity contribution in [2.45, 2.75) is 6.36 Å². The van der Waals surface area contributed by atoms with Crippen LogP contribution < -0.4 is 9.47 Å². The zero-order chi connectivity index (χ0) is 13.8. The maximum Gasteiger partial charge on any atom is 0.573 e. The number of hydrogen-bond donors (Lipinski definition) is 1. The lowest BCUT2D eigenvalue weighted by Crippen LogP contribution is -2.17. The van der Waals surface area contributed by atoms with E-state index in [-0.39, 0.29) is 11.3 Å². The molecule has 0 spiro atoms. The zero-order valence-corrected chi connectivity index (χ0v) is 9.19. The third-order valence-electron chi connectivity index (χ3n) is 1.84. The number of carboxylic acids is 1. The van der Waals surface area contributed by atoms with Gasteiger partial charge >= 0.3 is 12.3 Å². The van der Waals surface area contributed by atoms with E-state index in [9.17, 15) is 18.0 Å². The molecule has 0 heterocycles. The molecule has 0 aromatic heterocycles. The molecule has 0 amide bonds. The Hall–Kier alpha value is -2.18. The van der Waals surface area contributed by atoms with Crippen LogP contribution in [-0.2, 0) is 4.79 Å². The van der Waals surface area contributed by atoms with Crippen LogP contribution in [0.25, 0.3) is 6.08 Å². The molecular weight excluding hydrogens is 253 g/mol. The van der Waals surface area contributed by atoms with Crippen molar-refractivity contribution in [3.63, 3.8) is 0 Å². The molecule has 4 nitrogen and oxygen atoms in total. The Morgan fingerprint density at radius 2 is 2.06 bits per heavy atom. The predicted molar refractivity (Wildman–Crippen MR) is 56.3 cm³/mol. The molecule has 0 radical (unpaired) electrons. The normalized spacial score (nSPS) is 11.6. The van der Waals surface area contributed by atoms with E-state index in [1.165, 1.54) is 13.2 Å². The monoisotopic (exact) mass is 262 g/mol. The number of halogens is 3. The molecule has 1 rings (SSSR count). The lowest BCUT2D eigenvalue weighted by atomic mass is 10.1. The zero-order valence-electron chi connectivity index (χ0n) is 9.19. The van der Waals surface area contributed by atoms with Gasteiger partial charge in [0.15, 0.2) is 0 Å². The van der Waals surface area contributed by atoms with Gasteiger partial charge in [0, 0.05) is 11.6 Å². The van der Waals surface area contributed by atoms with Crippen molar-refractivity contribution in [2.75, 3.05) is 7.11 Å². The van der Waals surface area contributed by atoms with Crippen molar-refractivity contribution < 1.29 is 32.5 Å². The van der Waals surface area contributed by atoms with Crippen LogP contribution in [0.4, 0.5) is 13.2 Å². The number of carbonyl (C=O) groups is 1. The summed E-state index contributed by atoms with van der Waals surface area (Å²) < 4.78 is 44.6. The summed E-state index contributed by atoms with van der Waals surface area (Å²) in [5.41, 5.74) is 0.168. The van der Waals surface area contributed by atoms with Crippen LogP contribution in [-0.4, -0.2) is 24.5 Å². The predicted octanol–water partition coefficient (Wildman–Crippen LogP) is 2.69. The van der Waals surface area contributed by atoms with Crippen LogP contribution >= 0.6 is 0 Å². The molecule has 1 aromatic rings. The first-order valence-corrected chi connectivity index (χ1v) is 4.66. The fraction of sp³-hybridized carbons (Fsp3) is 0.182. The second kappa shape index (κ2) is 5.44. The van der Waals surface area contributed by atoms with E-state index in [1.807, 2.05) is 0 Å². The Morgan fingerprint density at radius 3 is 2.56 bits per heavy atom. The average molecular weight is 262 g/mol. The SMILES string of the molecule is COc1ccc(OC(F)(F)F)cc1C=CC(=O)O. The average Bonchev–Trinajstić information content (AvgIpc) is 2.24. The molecule has 0 fully saturated rings. The van der Waals surface area contributed by atoms with Gasteiger partial charge in [-0.3, -0.25) is 0 Å². The summed E-state index contributed by atoms with van der Waals surface area (Å²) in [6.45, 7) is 0. The maximum atomic E-state index is 12.0. The summed E-state index contributed by atoms with van der Waals surface area (Å²) >= 11 is 0. The number of methoxy groups -OCH3 is 1. The van der Waals surface area contributed by atoms with Crippen LogP contribution in [0.3, 0.4) is 0 Å². The molecule has 0 saturated heterocycles. The van der Waals surface area contributed by atoms with Crippen molar-refractivity contribution in [1.29, 1.82) is 0 Å². The summed E-state index contributed by atoms with van der Waals surface area (Å²) in [6, 6.07) is 3.36. The van der Waals surface area contributed by atoms with Gasteiger partial charge in [-0.05, 0) is 24.3 Å². The number of carboxylic acid groups (broad SMARTS) is 1. The number of hydrogen-bond acceptors (Lipinski definition) is 3. The topological polar surface area (TPSA) is 55.8 Å². The number of rotatable bonds is 4. The van der Waals surface area contributed by atoms with Gasteiger partial charge in [-0.15, -0.1) is 13.2 Å². The molecule has 18 heavy (non-hydrogen) atoms. The van der Waals surface area contributed by atoms with Gasteiger partial charge in [0.1, 0.15) is 11.5 Å². The second-order valence-corrected chi connectivity index (χ2v) is 3.12. The van der Waals surface area contributed by atoms with Gasteiger partial charge in [0.05, 0.1) is 7.11 Å². The largest absolute Gasteiger partial charge is 0.573 e. The Labute approximate surface area is 100 Å². The van der Waals surface area contributed by atoms with Crippen LogP contribution in [0.5, 0.6) is 11.5 Å². The lowest BCUT2D eigenvalue weighted by molar-refractivity contribution is -0.274. The minimum Gasteiger partial charge on any atom is -0.496 e.